The first-order valence-electron chi connectivity index (χ1n) is 11.4. The van der Waals surface area contributed by atoms with Crippen LogP contribution in [-0.4, -0.2) is 40.2 Å². The second kappa shape index (κ2) is 14.5. The fourth-order valence-corrected chi connectivity index (χ4v) is 3.23. The molecule has 0 saturated carbocycles. The first-order chi connectivity index (χ1) is 15.9. The number of halogens is 3. The number of pyridine rings is 1. The molecule has 0 bridgehead atoms. The summed E-state index contributed by atoms with van der Waals surface area (Å²) in [6.45, 7) is 9.68. The number of carbonyl (C=O) groups is 1. The van der Waals surface area contributed by atoms with E-state index in [-0.39, 0.29) is 17.5 Å². The molecule has 7 nitrogen and oxygen atoms in total. The van der Waals surface area contributed by atoms with Gasteiger partial charge >= 0.3 is 6.18 Å². The summed E-state index contributed by atoms with van der Waals surface area (Å²) in [5, 5.41) is 2.73. The van der Waals surface area contributed by atoms with Gasteiger partial charge in [0.2, 0.25) is 5.88 Å². The second-order valence-electron chi connectivity index (χ2n) is 8.59. The number of nitrogens with zero attached hydrogens (tertiary/aromatic N) is 3. The van der Waals surface area contributed by atoms with Gasteiger partial charge in [-0.1, -0.05) is 33.3 Å². The number of nitrogens with one attached hydrogen (secondary N) is 1. The molecule has 2 atom stereocenters. The Morgan fingerprint density at radius 3 is 2.38 bits per heavy atom. The zero-order valence-electron chi connectivity index (χ0n) is 20.5. The van der Waals surface area contributed by atoms with E-state index >= 15 is 0 Å². The van der Waals surface area contributed by atoms with Gasteiger partial charge in [-0.05, 0) is 56.7 Å². The number of aryl methyl sites for hydroxylation is 1. The molecule has 34 heavy (non-hydrogen) atoms. The normalized spacial score (nSPS) is 13.0. The molecule has 2 rings (SSSR count). The Balaban J connectivity index is 0.000000489. The van der Waals surface area contributed by atoms with E-state index in [1.165, 1.54) is 43.9 Å². The molecule has 0 radical (unpaired) electrons. The van der Waals surface area contributed by atoms with E-state index in [4.69, 9.17) is 5.73 Å². The highest BCUT2D eigenvalue weighted by atomic mass is 19.4. The minimum atomic E-state index is -4.42. The number of ether oxygens (including phenoxy) is 1. The summed E-state index contributed by atoms with van der Waals surface area (Å²) < 4.78 is 40.7. The van der Waals surface area contributed by atoms with Gasteiger partial charge in [0.25, 0.3) is 5.91 Å². The number of carbonyl (C=O) groups excluding carboxylic acids is 1. The molecule has 0 fully saturated rings. The third-order valence-electron chi connectivity index (χ3n) is 4.86. The van der Waals surface area contributed by atoms with Gasteiger partial charge in [-0.15, -0.1) is 0 Å². The maximum Gasteiger partial charge on any atom is 0.422 e. The van der Waals surface area contributed by atoms with E-state index in [0.717, 1.165) is 18.4 Å². The van der Waals surface area contributed by atoms with Crippen molar-refractivity contribution in [2.75, 3.05) is 13.2 Å². The van der Waals surface area contributed by atoms with E-state index in [1.54, 1.807) is 19.9 Å². The summed E-state index contributed by atoms with van der Waals surface area (Å²) >= 11 is 0. The molecule has 1 amide bonds. The average Bonchev–Trinajstić information content (AvgIpc) is 2.77. The lowest BCUT2D eigenvalue weighted by Crippen LogP contribution is -2.27. The zero-order valence-corrected chi connectivity index (χ0v) is 20.5. The molecule has 0 spiro atoms. The molecule has 0 saturated heterocycles. The van der Waals surface area contributed by atoms with Crippen molar-refractivity contribution in [3.05, 3.63) is 47.7 Å². The first kappa shape index (κ1) is 29.3. The van der Waals surface area contributed by atoms with E-state index < -0.39 is 18.8 Å². The molecule has 2 unspecified atom stereocenters. The van der Waals surface area contributed by atoms with Crippen molar-refractivity contribution in [2.24, 2.45) is 17.6 Å². The van der Waals surface area contributed by atoms with E-state index in [1.807, 2.05) is 0 Å². The summed E-state index contributed by atoms with van der Waals surface area (Å²) in [5.74, 6) is 1.05. The fraction of sp³-hybridized carbons (Fsp3) is 0.583. The molecule has 10 heteroatoms. The highest BCUT2D eigenvalue weighted by Gasteiger charge is 2.28. The van der Waals surface area contributed by atoms with Gasteiger partial charge in [0, 0.05) is 18.0 Å². The monoisotopic (exact) mass is 483 g/mol. The number of amides is 1. The summed E-state index contributed by atoms with van der Waals surface area (Å²) in [5.41, 5.74) is 7.12. The maximum absolute atomic E-state index is 12.1. The molecule has 0 aliphatic heterocycles. The van der Waals surface area contributed by atoms with Crippen molar-refractivity contribution >= 4 is 5.91 Å². The molecular formula is C24H36F3N5O2. The highest BCUT2D eigenvalue weighted by Crippen LogP contribution is 2.19. The zero-order chi connectivity index (χ0) is 25.7. The first-order valence-corrected chi connectivity index (χ1v) is 11.4. The van der Waals surface area contributed by atoms with E-state index in [2.05, 4.69) is 45.8 Å². The number of hydrogen-bond donors (Lipinski definition) is 2. The van der Waals surface area contributed by atoms with Crippen molar-refractivity contribution in [3.8, 4) is 5.88 Å². The third kappa shape index (κ3) is 11.9. The van der Waals surface area contributed by atoms with Gasteiger partial charge in [-0.25, -0.2) is 15.0 Å². The summed E-state index contributed by atoms with van der Waals surface area (Å²) in [7, 11) is 0. The van der Waals surface area contributed by atoms with Gasteiger partial charge in [-0.2, -0.15) is 13.2 Å². The molecule has 0 aliphatic carbocycles. The minimum absolute atomic E-state index is 0.138. The molecule has 0 aromatic carbocycles. The quantitative estimate of drug-likeness (QED) is 0.492. The van der Waals surface area contributed by atoms with Crippen LogP contribution >= 0.6 is 0 Å². The second-order valence-corrected chi connectivity index (χ2v) is 8.59. The van der Waals surface area contributed by atoms with Gasteiger partial charge in [0.15, 0.2) is 6.61 Å². The lowest BCUT2D eigenvalue weighted by molar-refractivity contribution is -0.154. The molecule has 3 N–H and O–H groups in total. The van der Waals surface area contributed by atoms with Crippen molar-refractivity contribution in [3.63, 3.8) is 0 Å². The summed E-state index contributed by atoms with van der Waals surface area (Å²) in [6, 6.07) is 4.00. The Labute approximate surface area is 199 Å². The Morgan fingerprint density at radius 1 is 1.18 bits per heavy atom. The van der Waals surface area contributed by atoms with Crippen LogP contribution in [0.2, 0.25) is 0 Å². The molecule has 2 heterocycles. The van der Waals surface area contributed by atoms with Crippen molar-refractivity contribution < 1.29 is 22.7 Å². The van der Waals surface area contributed by atoms with Crippen LogP contribution in [0.25, 0.3) is 0 Å². The Hall–Kier alpha value is -2.75. The number of alkyl halides is 3. The van der Waals surface area contributed by atoms with Gasteiger partial charge in [-0.3, -0.25) is 4.79 Å². The predicted octanol–water partition coefficient (Wildman–Crippen LogP) is 5.02. The Morgan fingerprint density at radius 2 is 1.88 bits per heavy atom. The van der Waals surface area contributed by atoms with E-state index in [0.29, 0.717) is 11.3 Å². The molecule has 0 aliphatic rings. The van der Waals surface area contributed by atoms with Crippen molar-refractivity contribution in [2.45, 2.75) is 66.1 Å². The lowest BCUT2D eigenvalue weighted by Gasteiger charge is -2.15. The number of nitrogens with two attached hydrogens (primary N) is 1. The fourth-order valence-electron chi connectivity index (χ4n) is 3.23. The lowest BCUT2D eigenvalue weighted by atomic mass is 9.93. The molecule has 2 aromatic heterocycles. The largest absolute Gasteiger partial charge is 0.468 e. The van der Waals surface area contributed by atoms with Gasteiger partial charge in [0.1, 0.15) is 12.0 Å². The van der Waals surface area contributed by atoms with Crippen LogP contribution < -0.4 is 15.8 Å². The average molecular weight is 484 g/mol. The van der Waals surface area contributed by atoms with E-state index in [9.17, 15) is 18.0 Å². The van der Waals surface area contributed by atoms with Crippen LogP contribution in [0.5, 0.6) is 5.88 Å². The number of hydrogen-bond acceptors (Lipinski definition) is 6. The Bertz CT molecular complexity index is 860. The topological polar surface area (TPSA) is 103 Å². The molecule has 2 aromatic rings. The summed E-state index contributed by atoms with van der Waals surface area (Å²) in [6.07, 6.45) is 2.09. The highest BCUT2D eigenvalue weighted by molar-refractivity contribution is 5.92. The van der Waals surface area contributed by atoms with Crippen LogP contribution in [-0.2, 0) is 0 Å². The SMILES string of the molecule is CCCC(CN)CC(C)C.Cc1cc(C(=O)NC(C)c2ccc(OCC(F)(F)F)nc2)ncn1. The van der Waals surface area contributed by atoms with Gasteiger partial charge < -0.3 is 15.8 Å². The van der Waals surface area contributed by atoms with Gasteiger partial charge in [0.05, 0.1) is 6.04 Å². The number of aromatic nitrogens is 3. The summed E-state index contributed by atoms with van der Waals surface area (Å²) in [4.78, 5) is 23.7. The Kier molecular flexibility index (Phi) is 12.5. The number of rotatable bonds is 10. The van der Waals surface area contributed by atoms with Crippen LogP contribution in [0, 0.1) is 18.8 Å². The maximum atomic E-state index is 12.1. The molecular weight excluding hydrogens is 447 g/mol. The standard InChI is InChI=1S/C15H15F3N4O2.C9H21N/c1-9-5-12(21-8-20-9)14(23)22-10(2)11-3-4-13(19-6-11)24-7-15(16,17)18;1-4-5-9(7-10)6-8(2)3/h3-6,8,10H,7H2,1-2H3,(H,22,23);8-9H,4-7,10H2,1-3H3. The third-order valence-corrected chi connectivity index (χ3v) is 4.86. The van der Waals surface area contributed by atoms with Crippen molar-refractivity contribution in [1.82, 2.24) is 20.3 Å². The van der Waals surface area contributed by atoms with Crippen molar-refractivity contribution in [1.29, 1.82) is 0 Å². The van der Waals surface area contributed by atoms with Crippen LogP contribution in [0.3, 0.4) is 0 Å². The van der Waals surface area contributed by atoms with Crippen LogP contribution in [0.4, 0.5) is 13.2 Å². The predicted molar refractivity (Wildman–Crippen MR) is 125 cm³/mol. The van der Waals surface area contributed by atoms with Crippen LogP contribution in [0.1, 0.15) is 74.7 Å². The molecule has 190 valence electrons. The van der Waals surface area contributed by atoms with Crippen LogP contribution in [0.15, 0.2) is 30.7 Å². The smallest absolute Gasteiger partial charge is 0.422 e. The minimum Gasteiger partial charge on any atom is -0.468 e.